The van der Waals surface area contributed by atoms with Crippen LogP contribution in [0.4, 0.5) is 0 Å². The van der Waals surface area contributed by atoms with Crippen molar-refractivity contribution in [1.29, 1.82) is 0 Å². The zero-order valence-electron chi connectivity index (χ0n) is 7.66. The third kappa shape index (κ3) is 2.27. The molecular weight excluding hydrogens is 200 g/mol. The van der Waals surface area contributed by atoms with E-state index in [0.29, 0.717) is 5.52 Å². The molecule has 0 atom stereocenters. The molecule has 0 unspecified atom stereocenters. The normalized spacial score (nSPS) is 9.07. The fourth-order valence-corrected chi connectivity index (χ4v) is 1.09. The molecule has 0 saturated heterocycles. The molecule has 2 aromatic rings. The molecule has 1 aromatic heterocycles. The number of hydrogen-bond acceptors (Lipinski definition) is 4. The van der Waals surface area contributed by atoms with Crippen molar-refractivity contribution < 1.29 is 10.2 Å². The molecule has 0 spiro atoms. The van der Waals surface area contributed by atoms with Gasteiger partial charge in [-0.25, -0.2) is 5.16 Å². The number of nitrogens with one attached hydrogen (secondary N) is 1. The molecule has 15 heavy (non-hydrogen) atoms. The van der Waals surface area contributed by atoms with Crippen molar-refractivity contribution in [2.75, 3.05) is 0 Å². The second-order valence-corrected chi connectivity index (χ2v) is 2.48. The summed E-state index contributed by atoms with van der Waals surface area (Å²) in [6.07, 6.45) is 1.47. The number of rotatable bonds is 1. The summed E-state index contributed by atoms with van der Waals surface area (Å²) in [5, 5.41) is 24.0. The van der Waals surface area contributed by atoms with Crippen molar-refractivity contribution in [1.82, 2.24) is 9.89 Å². The molecule has 0 fully saturated rings. The summed E-state index contributed by atoms with van der Waals surface area (Å²) in [5.41, 5.74) is 0.516. The third-order valence-corrected chi connectivity index (χ3v) is 1.61. The topological polar surface area (TPSA) is 98.0 Å². The Morgan fingerprint density at radius 2 is 2.07 bits per heavy atom. The molecular formula is C8H8N4O3. The van der Waals surface area contributed by atoms with Crippen LogP contribution in [0, 0.1) is 15.3 Å². The van der Waals surface area contributed by atoms with Crippen molar-refractivity contribution in [3.05, 3.63) is 45.8 Å². The lowest BCUT2D eigenvalue weighted by Crippen LogP contribution is -2.56. The van der Waals surface area contributed by atoms with Gasteiger partial charge in [-0.15, -0.1) is 0 Å². The highest BCUT2D eigenvalue weighted by Gasteiger charge is 2.08. The Bertz CT molecular complexity index is 479. The fourth-order valence-electron chi connectivity index (χ4n) is 1.09. The van der Waals surface area contributed by atoms with Crippen LogP contribution in [0.15, 0.2) is 30.5 Å². The minimum absolute atomic E-state index is 0.516. The second-order valence-electron chi connectivity index (χ2n) is 2.48. The predicted octanol–water partition coefficient (Wildman–Crippen LogP) is -0.658. The maximum atomic E-state index is 10.4. The van der Waals surface area contributed by atoms with Gasteiger partial charge in [-0.3, -0.25) is 0 Å². The monoisotopic (exact) mass is 208 g/mol. The molecule has 1 N–H and O–H groups in total. The summed E-state index contributed by atoms with van der Waals surface area (Å²) in [5.74, 6) is 0. The van der Waals surface area contributed by atoms with Gasteiger partial charge in [0.25, 0.3) is 0 Å². The van der Waals surface area contributed by atoms with Crippen LogP contribution in [0.3, 0.4) is 0 Å². The molecule has 0 radical (unpaired) electrons. The second kappa shape index (κ2) is 4.70. The van der Waals surface area contributed by atoms with E-state index in [1.165, 1.54) is 11.4 Å². The molecule has 78 valence electrons. The van der Waals surface area contributed by atoms with Gasteiger partial charge in [0.1, 0.15) is 12.2 Å². The van der Waals surface area contributed by atoms with E-state index in [4.69, 9.17) is 5.21 Å². The molecule has 1 aromatic carbocycles. The number of benzene rings is 1. The van der Waals surface area contributed by atoms with E-state index < -0.39 is 5.03 Å². The Morgan fingerprint density at radius 3 is 2.67 bits per heavy atom. The van der Waals surface area contributed by atoms with Crippen LogP contribution in [0.5, 0.6) is 0 Å². The zero-order valence-corrected chi connectivity index (χ0v) is 7.66. The molecule has 0 aliphatic heterocycles. The Morgan fingerprint density at radius 1 is 1.47 bits per heavy atom. The van der Waals surface area contributed by atoms with Crippen LogP contribution >= 0.6 is 0 Å². The lowest BCUT2D eigenvalue weighted by Gasteiger charge is -1.91. The summed E-state index contributed by atoms with van der Waals surface area (Å²) in [4.78, 5) is 11.1. The van der Waals surface area contributed by atoms with Crippen LogP contribution in [-0.2, 0) is 0 Å². The minimum atomic E-state index is -0.553. The van der Waals surface area contributed by atoms with Crippen LogP contribution in [0.2, 0.25) is 0 Å². The number of aromatic nitrogens is 2. The highest BCUT2D eigenvalue weighted by Crippen LogP contribution is 2.11. The molecule has 0 aliphatic rings. The number of para-hydroxylation sites is 1. The smallest absolute Gasteiger partial charge is 0.175 e. The number of nitrogens with zero attached hydrogens (tertiary/aromatic N) is 3. The first kappa shape index (κ1) is 10.6. The Balaban J connectivity index is 0.000000337. The number of nitro groups is 1. The largest absolute Gasteiger partial charge is 0.626 e. The van der Waals surface area contributed by atoms with Crippen molar-refractivity contribution in [2.24, 2.45) is 0 Å². The van der Waals surface area contributed by atoms with Gasteiger partial charge in [-0.05, 0) is 12.1 Å². The van der Waals surface area contributed by atoms with Crippen molar-refractivity contribution in [3.8, 4) is 0 Å². The molecule has 7 nitrogen and oxygen atoms in total. The Labute approximate surface area is 84.4 Å². The van der Waals surface area contributed by atoms with Gasteiger partial charge in [0.05, 0.1) is 10.4 Å². The Kier molecular flexibility index (Phi) is 3.33. The van der Waals surface area contributed by atoms with E-state index >= 15 is 0 Å². The van der Waals surface area contributed by atoms with Gasteiger partial charge in [0, 0.05) is 9.89 Å². The van der Waals surface area contributed by atoms with Gasteiger partial charge < -0.3 is 15.3 Å². The minimum Gasteiger partial charge on any atom is -0.626 e. The van der Waals surface area contributed by atoms with E-state index in [0.717, 1.165) is 10.2 Å². The average molecular weight is 208 g/mol. The third-order valence-electron chi connectivity index (χ3n) is 1.61. The SMILES string of the molecule is C=[NH+][O-].O=[N+]([O-])n1ncc2ccccc21. The highest BCUT2D eigenvalue weighted by atomic mass is 16.7. The quantitative estimate of drug-likeness (QED) is 0.291. The summed E-state index contributed by atoms with van der Waals surface area (Å²) < 4.78 is 0. The van der Waals surface area contributed by atoms with Crippen LogP contribution < -0.4 is 5.16 Å². The van der Waals surface area contributed by atoms with Crippen molar-refractivity contribution in [2.45, 2.75) is 0 Å². The van der Waals surface area contributed by atoms with Gasteiger partial charge in [-0.2, -0.15) is 0 Å². The number of fused-ring (bicyclic) bond motifs is 1. The van der Waals surface area contributed by atoms with Gasteiger partial charge in [0.15, 0.2) is 6.20 Å². The number of hydrogen-bond donors (Lipinski definition) is 1. The van der Waals surface area contributed by atoms with Crippen LogP contribution in [-0.4, -0.2) is 21.6 Å². The van der Waals surface area contributed by atoms with E-state index in [1.54, 1.807) is 18.2 Å². The van der Waals surface area contributed by atoms with Gasteiger partial charge in [0.2, 0.25) is 0 Å². The average Bonchev–Trinajstić information content (AvgIpc) is 2.62. The Hall–Kier alpha value is -2.44. The highest BCUT2D eigenvalue weighted by molar-refractivity contribution is 5.77. The lowest BCUT2D eigenvalue weighted by molar-refractivity contribution is -0.548. The molecule has 0 aliphatic carbocycles. The molecule has 7 heteroatoms. The predicted molar refractivity (Wildman–Crippen MR) is 53.6 cm³/mol. The molecule has 0 bridgehead atoms. The van der Waals surface area contributed by atoms with Crippen molar-refractivity contribution >= 4 is 17.6 Å². The maximum Gasteiger partial charge on any atom is 0.175 e. The summed E-state index contributed by atoms with van der Waals surface area (Å²) in [7, 11) is 0. The van der Waals surface area contributed by atoms with Crippen molar-refractivity contribution in [3.63, 3.8) is 0 Å². The first-order valence-electron chi connectivity index (χ1n) is 3.92. The maximum absolute atomic E-state index is 10.4. The summed E-state index contributed by atoms with van der Waals surface area (Å²) >= 11 is 0. The zero-order chi connectivity index (χ0) is 11.3. The molecule has 0 amide bonds. The van der Waals surface area contributed by atoms with Gasteiger partial charge >= 0.3 is 0 Å². The first-order valence-corrected chi connectivity index (χ1v) is 3.92. The molecule has 2 rings (SSSR count). The van der Waals surface area contributed by atoms with Crippen LogP contribution in [0.1, 0.15) is 0 Å². The summed E-state index contributed by atoms with van der Waals surface area (Å²) in [6.45, 7) is 2.68. The summed E-state index contributed by atoms with van der Waals surface area (Å²) in [6, 6.07) is 6.99. The van der Waals surface area contributed by atoms with Gasteiger partial charge in [-0.1, -0.05) is 12.1 Å². The molecule has 0 saturated carbocycles. The molecule has 1 heterocycles. The van der Waals surface area contributed by atoms with E-state index in [9.17, 15) is 10.1 Å². The van der Waals surface area contributed by atoms with E-state index in [-0.39, 0.29) is 0 Å². The standard InChI is InChI=1S/C7H5N3O2.CH3NO/c11-10(12)9-7-4-2-1-3-6(7)5-8-9;1-2-3/h1-5H;2H,1H2. The van der Waals surface area contributed by atoms with Crippen LogP contribution in [0.25, 0.3) is 10.9 Å². The van der Waals surface area contributed by atoms with E-state index in [2.05, 4.69) is 11.8 Å². The fraction of sp³-hybridized carbons (Fsp3) is 0. The lowest BCUT2D eigenvalue weighted by atomic mass is 10.3. The first-order chi connectivity index (χ1) is 7.20. The van der Waals surface area contributed by atoms with E-state index in [1.807, 2.05) is 6.07 Å².